The summed E-state index contributed by atoms with van der Waals surface area (Å²) in [4.78, 5) is 12.6. The van der Waals surface area contributed by atoms with Crippen LogP contribution in [-0.4, -0.2) is 31.5 Å². The van der Waals surface area contributed by atoms with Crippen LogP contribution in [0, 0.1) is 18.3 Å². The van der Waals surface area contributed by atoms with Crippen molar-refractivity contribution < 1.29 is 4.79 Å². The third-order valence-corrected chi connectivity index (χ3v) is 6.59. The molecule has 2 aromatic carbocycles. The summed E-state index contributed by atoms with van der Waals surface area (Å²) in [7, 11) is 0. The predicted molar refractivity (Wildman–Crippen MR) is 144 cm³/mol. The van der Waals surface area contributed by atoms with Gasteiger partial charge in [-0.2, -0.15) is 5.10 Å². The maximum atomic E-state index is 12.6. The van der Waals surface area contributed by atoms with Crippen LogP contribution in [-0.2, 0) is 6.42 Å². The Balaban J connectivity index is 1.55. The molecule has 3 N–H and O–H groups in total. The third kappa shape index (κ3) is 8.17. The molecule has 3 rings (SSSR count). The summed E-state index contributed by atoms with van der Waals surface area (Å²) >= 11 is 0. The molecule has 1 heterocycles. The molecule has 0 unspecified atom stereocenters. The van der Waals surface area contributed by atoms with E-state index in [4.69, 9.17) is 5.10 Å². The van der Waals surface area contributed by atoms with Crippen molar-refractivity contribution in [3.05, 3.63) is 59.7 Å². The van der Waals surface area contributed by atoms with Gasteiger partial charge in [0, 0.05) is 16.8 Å². The van der Waals surface area contributed by atoms with Gasteiger partial charge in [0.05, 0.1) is 5.69 Å². The Bertz CT molecular complexity index is 938. The van der Waals surface area contributed by atoms with Gasteiger partial charge < -0.3 is 16.0 Å². The molecule has 0 aromatic heterocycles. The molecule has 0 saturated carbocycles. The molecule has 34 heavy (non-hydrogen) atoms. The van der Waals surface area contributed by atoms with Crippen LogP contribution in [0.3, 0.4) is 0 Å². The number of amides is 2. The Labute approximate surface area is 205 Å². The summed E-state index contributed by atoms with van der Waals surface area (Å²) in [5.41, 5.74) is 5.18. The highest BCUT2D eigenvalue weighted by molar-refractivity contribution is 5.90. The maximum absolute atomic E-state index is 12.6. The number of rotatable bonds is 8. The number of anilines is 2. The van der Waals surface area contributed by atoms with Gasteiger partial charge in [0.15, 0.2) is 0 Å². The average molecular weight is 464 g/mol. The number of piperidine rings is 1. The lowest BCUT2D eigenvalue weighted by atomic mass is 9.91. The van der Waals surface area contributed by atoms with Gasteiger partial charge in [-0.3, -0.25) is 0 Å². The molecule has 6 nitrogen and oxygen atoms in total. The predicted octanol–water partition coefficient (Wildman–Crippen LogP) is 5.93. The molecule has 0 radical (unpaired) electrons. The SMILES string of the molecule is C/C(=N\N(CNC(=O)Nc1ccc(CCC2CCNCC2)cc1)c1ccc(C)cc1)C(C)(C)C. The lowest BCUT2D eigenvalue weighted by Crippen LogP contribution is -2.38. The first-order valence-electron chi connectivity index (χ1n) is 12.4. The zero-order valence-corrected chi connectivity index (χ0v) is 21.4. The molecular weight excluding hydrogens is 422 g/mol. The topological polar surface area (TPSA) is 68.8 Å². The van der Waals surface area contributed by atoms with Crippen molar-refractivity contribution in [1.82, 2.24) is 10.6 Å². The average Bonchev–Trinajstić information content (AvgIpc) is 2.82. The Kier molecular flexibility index (Phi) is 9.11. The molecule has 0 aliphatic carbocycles. The summed E-state index contributed by atoms with van der Waals surface area (Å²) in [5, 5.41) is 16.0. The molecule has 0 bridgehead atoms. The molecule has 0 spiro atoms. The van der Waals surface area contributed by atoms with E-state index in [1.54, 1.807) is 0 Å². The van der Waals surface area contributed by atoms with Gasteiger partial charge in [-0.05, 0) is 88.4 Å². The van der Waals surface area contributed by atoms with Gasteiger partial charge in [0.25, 0.3) is 0 Å². The first-order valence-corrected chi connectivity index (χ1v) is 12.4. The van der Waals surface area contributed by atoms with Gasteiger partial charge in [-0.15, -0.1) is 0 Å². The maximum Gasteiger partial charge on any atom is 0.320 e. The van der Waals surface area contributed by atoms with Crippen molar-refractivity contribution in [3.8, 4) is 0 Å². The normalized spacial score (nSPS) is 15.1. The number of urea groups is 1. The molecule has 1 saturated heterocycles. The van der Waals surface area contributed by atoms with E-state index in [1.165, 1.54) is 30.4 Å². The van der Waals surface area contributed by atoms with E-state index in [-0.39, 0.29) is 18.1 Å². The van der Waals surface area contributed by atoms with E-state index < -0.39 is 0 Å². The van der Waals surface area contributed by atoms with Crippen molar-refractivity contribution in [2.24, 2.45) is 16.4 Å². The number of carbonyl (C=O) groups is 1. The molecule has 2 aromatic rings. The molecule has 2 amide bonds. The highest BCUT2D eigenvalue weighted by Gasteiger charge is 2.17. The number of hydrogen-bond donors (Lipinski definition) is 3. The summed E-state index contributed by atoms with van der Waals surface area (Å²) in [6.45, 7) is 13.0. The van der Waals surface area contributed by atoms with Crippen molar-refractivity contribution in [3.63, 3.8) is 0 Å². The van der Waals surface area contributed by atoms with Crippen LogP contribution in [0.15, 0.2) is 53.6 Å². The van der Waals surface area contributed by atoms with Crippen LogP contribution < -0.4 is 21.0 Å². The molecule has 6 heteroatoms. The van der Waals surface area contributed by atoms with Crippen LogP contribution >= 0.6 is 0 Å². The van der Waals surface area contributed by atoms with E-state index >= 15 is 0 Å². The molecular formula is C28H41N5O. The molecule has 1 fully saturated rings. The van der Waals surface area contributed by atoms with Crippen LogP contribution in [0.2, 0.25) is 0 Å². The number of hydrogen-bond acceptors (Lipinski definition) is 4. The second kappa shape index (κ2) is 12.0. The first kappa shape index (κ1) is 25.8. The van der Waals surface area contributed by atoms with Gasteiger partial charge in [0.1, 0.15) is 6.67 Å². The molecule has 0 atom stereocenters. The number of nitrogens with one attached hydrogen (secondary N) is 3. The first-order chi connectivity index (χ1) is 16.2. The Morgan fingerprint density at radius 1 is 1.06 bits per heavy atom. The summed E-state index contributed by atoms with van der Waals surface area (Å²) in [5.74, 6) is 0.825. The number of carbonyl (C=O) groups excluding carboxylic acids is 1. The minimum Gasteiger partial charge on any atom is -0.318 e. The fourth-order valence-electron chi connectivity index (χ4n) is 3.85. The van der Waals surface area contributed by atoms with Crippen LogP contribution in [0.25, 0.3) is 0 Å². The smallest absolute Gasteiger partial charge is 0.318 e. The second-order valence-electron chi connectivity index (χ2n) is 10.4. The van der Waals surface area contributed by atoms with Crippen LogP contribution in [0.4, 0.5) is 16.2 Å². The number of aryl methyl sites for hydroxylation is 2. The van der Waals surface area contributed by atoms with E-state index in [0.717, 1.165) is 42.5 Å². The molecule has 1 aliphatic heterocycles. The highest BCUT2D eigenvalue weighted by Crippen LogP contribution is 2.21. The Morgan fingerprint density at radius 3 is 2.32 bits per heavy atom. The number of hydrazone groups is 1. The Morgan fingerprint density at radius 2 is 1.71 bits per heavy atom. The second-order valence-corrected chi connectivity index (χ2v) is 10.4. The lowest BCUT2D eigenvalue weighted by molar-refractivity contribution is 0.252. The summed E-state index contributed by atoms with van der Waals surface area (Å²) < 4.78 is 0. The quantitative estimate of drug-likeness (QED) is 0.258. The Hall–Kier alpha value is -2.86. The van der Waals surface area contributed by atoms with Gasteiger partial charge in [-0.1, -0.05) is 50.6 Å². The van der Waals surface area contributed by atoms with Gasteiger partial charge >= 0.3 is 6.03 Å². The fourth-order valence-corrected chi connectivity index (χ4v) is 3.85. The monoisotopic (exact) mass is 463 g/mol. The largest absolute Gasteiger partial charge is 0.320 e. The minimum atomic E-state index is -0.247. The van der Waals surface area contributed by atoms with Gasteiger partial charge in [0.2, 0.25) is 0 Å². The lowest BCUT2D eigenvalue weighted by Gasteiger charge is -2.25. The third-order valence-electron chi connectivity index (χ3n) is 6.59. The van der Waals surface area contributed by atoms with Crippen molar-refractivity contribution in [2.45, 2.75) is 60.3 Å². The molecule has 184 valence electrons. The van der Waals surface area contributed by atoms with Crippen molar-refractivity contribution in [1.29, 1.82) is 0 Å². The van der Waals surface area contributed by atoms with E-state index in [1.807, 2.05) is 36.2 Å². The van der Waals surface area contributed by atoms with E-state index in [9.17, 15) is 4.79 Å². The van der Waals surface area contributed by atoms with Crippen molar-refractivity contribution >= 4 is 23.1 Å². The van der Waals surface area contributed by atoms with Crippen molar-refractivity contribution in [2.75, 3.05) is 30.1 Å². The van der Waals surface area contributed by atoms with E-state index in [0.29, 0.717) is 0 Å². The van der Waals surface area contributed by atoms with Crippen LogP contribution in [0.1, 0.15) is 58.1 Å². The van der Waals surface area contributed by atoms with E-state index in [2.05, 4.69) is 67.9 Å². The summed E-state index contributed by atoms with van der Waals surface area (Å²) in [6.07, 6.45) is 4.88. The van der Waals surface area contributed by atoms with Gasteiger partial charge in [-0.25, -0.2) is 9.80 Å². The zero-order chi connectivity index (χ0) is 24.6. The highest BCUT2D eigenvalue weighted by atomic mass is 16.2. The zero-order valence-electron chi connectivity index (χ0n) is 21.4. The number of nitrogens with zero attached hydrogens (tertiary/aromatic N) is 2. The fraction of sp³-hybridized carbons (Fsp3) is 0.500. The standard InChI is InChI=1S/C28H41N5O/c1-21-6-14-26(15-7-21)33(32-22(2)28(3,4)5)20-30-27(34)31-25-12-10-23(11-13-25)8-9-24-16-18-29-19-17-24/h6-7,10-15,24,29H,8-9,16-20H2,1-5H3,(H2,30,31,34)/b32-22+. The molecule has 1 aliphatic rings. The van der Waals surface area contributed by atoms with Crippen LogP contribution in [0.5, 0.6) is 0 Å². The minimum absolute atomic E-state index is 0.0547. The number of benzene rings is 2. The summed E-state index contributed by atoms with van der Waals surface area (Å²) in [6, 6.07) is 16.1.